The van der Waals surface area contributed by atoms with Gasteiger partial charge in [0.2, 0.25) is 5.91 Å². The van der Waals surface area contributed by atoms with Crippen molar-refractivity contribution in [1.82, 2.24) is 4.57 Å². The lowest BCUT2D eigenvalue weighted by Gasteiger charge is -2.18. The van der Waals surface area contributed by atoms with Crippen LogP contribution in [0, 0.1) is 0 Å². The van der Waals surface area contributed by atoms with Crippen molar-refractivity contribution in [2.75, 3.05) is 6.26 Å². The minimum Gasteiger partial charge on any atom is -0.612 e. The highest BCUT2D eigenvalue weighted by Crippen LogP contribution is 2.37. The fraction of sp³-hybridized carbons (Fsp3) is 0.438. The monoisotopic (exact) mass is 306 g/mol. The van der Waals surface area contributed by atoms with Crippen LogP contribution in [0.2, 0.25) is 0 Å². The molecule has 1 aromatic heterocycles. The molecule has 21 heavy (non-hydrogen) atoms. The number of amides is 1. The largest absolute Gasteiger partial charge is 0.612 e. The third-order valence-corrected chi connectivity index (χ3v) is 4.63. The van der Waals surface area contributed by atoms with Crippen LogP contribution in [0.1, 0.15) is 55.7 Å². The molecule has 1 aromatic carbocycles. The van der Waals surface area contributed by atoms with E-state index in [9.17, 15) is 9.35 Å². The third kappa shape index (κ3) is 2.68. The van der Waals surface area contributed by atoms with Crippen molar-refractivity contribution in [1.29, 1.82) is 0 Å². The maximum atomic E-state index is 12.2. The zero-order valence-electron chi connectivity index (χ0n) is 13.1. The van der Waals surface area contributed by atoms with Crippen LogP contribution in [0.4, 0.5) is 0 Å². The first kappa shape index (κ1) is 15.9. The highest BCUT2D eigenvalue weighted by atomic mass is 32.2. The number of fused-ring (bicyclic) bond motifs is 1. The van der Waals surface area contributed by atoms with E-state index in [0.717, 1.165) is 21.5 Å². The van der Waals surface area contributed by atoms with Gasteiger partial charge in [0.05, 0.1) is 16.6 Å². The Balaban J connectivity index is 2.93. The summed E-state index contributed by atoms with van der Waals surface area (Å²) in [6, 6.07) is 5.58. The van der Waals surface area contributed by atoms with E-state index in [1.165, 1.54) is 0 Å². The van der Waals surface area contributed by atoms with Gasteiger partial charge in [0.15, 0.2) is 4.90 Å². The predicted octanol–water partition coefficient (Wildman–Crippen LogP) is 3.18. The van der Waals surface area contributed by atoms with Gasteiger partial charge in [0, 0.05) is 11.6 Å². The minimum absolute atomic E-state index is 0.213. The molecule has 0 saturated heterocycles. The lowest BCUT2D eigenvalue weighted by molar-refractivity contribution is 0.100. The Kier molecular flexibility index (Phi) is 4.35. The van der Waals surface area contributed by atoms with Gasteiger partial charge in [-0.3, -0.25) is 4.79 Å². The Morgan fingerprint density at radius 1 is 1.29 bits per heavy atom. The van der Waals surface area contributed by atoms with Crippen LogP contribution in [0.15, 0.2) is 23.1 Å². The third-order valence-electron chi connectivity index (χ3n) is 3.63. The van der Waals surface area contributed by atoms with Gasteiger partial charge in [-0.2, -0.15) is 0 Å². The Morgan fingerprint density at radius 3 is 2.33 bits per heavy atom. The molecule has 114 valence electrons. The molecule has 0 aliphatic carbocycles. The van der Waals surface area contributed by atoms with E-state index in [0.29, 0.717) is 5.56 Å². The fourth-order valence-corrected chi connectivity index (χ4v) is 3.96. The number of benzene rings is 1. The van der Waals surface area contributed by atoms with Gasteiger partial charge in [-0.05, 0) is 49.1 Å². The molecule has 1 heterocycles. The van der Waals surface area contributed by atoms with Crippen molar-refractivity contribution >= 4 is 28.0 Å². The molecule has 0 radical (unpaired) electrons. The average molecular weight is 306 g/mol. The van der Waals surface area contributed by atoms with Gasteiger partial charge >= 0.3 is 0 Å². The van der Waals surface area contributed by atoms with Gasteiger partial charge in [-0.1, -0.05) is 13.8 Å². The molecule has 4 nitrogen and oxygen atoms in total. The summed E-state index contributed by atoms with van der Waals surface area (Å²) in [5.41, 5.74) is 7.86. The molecule has 0 spiro atoms. The second-order valence-electron chi connectivity index (χ2n) is 5.88. The molecule has 2 rings (SSSR count). The summed E-state index contributed by atoms with van der Waals surface area (Å²) in [6.45, 7) is 8.37. The van der Waals surface area contributed by atoms with Crippen molar-refractivity contribution in [3.05, 3.63) is 29.5 Å². The lowest BCUT2D eigenvalue weighted by atomic mass is 10.1. The van der Waals surface area contributed by atoms with E-state index in [1.54, 1.807) is 18.4 Å². The number of carbonyl (C=O) groups is 1. The summed E-state index contributed by atoms with van der Waals surface area (Å²) in [6.07, 6.45) is 1.70. The molecule has 5 heteroatoms. The summed E-state index contributed by atoms with van der Waals surface area (Å²) in [4.78, 5) is 12.3. The zero-order valence-corrected chi connectivity index (χ0v) is 14.0. The summed E-state index contributed by atoms with van der Waals surface area (Å²) >= 11 is -1.09. The Labute approximate surface area is 128 Å². The molecular formula is C16H22N2O2S. The molecule has 0 aliphatic rings. The second kappa shape index (κ2) is 5.73. The number of aromatic nitrogens is 1. The van der Waals surface area contributed by atoms with Crippen molar-refractivity contribution in [2.24, 2.45) is 5.73 Å². The van der Waals surface area contributed by atoms with Crippen LogP contribution >= 0.6 is 0 Å². The number of carbonyl (C=O) groups excluding carboxylic acids is 1. The van der Waals surface area contributed by atoms with E-state index >= 15 is 0 Å². The summed E-state index contributed by atoms with van der Waals surface area (Å²) in [5.74, 6) is -0.200. The number of primary amides is 1. The Hall–Kier alpha value is -1.46. The number of hydrogen-bond donors (Lipinski definition) is 1. The molecule has 2 aromatic rings. The van der Waals surface area contributed by atoms with E-state index < -0.39 is 17.1 Å². The van der Waals surface area contributed by atoms with E-state index in [-0.39, 0.29) is 12.0 Å². The molecule has 2 N–H and O–H groups in total. The number of rotatable bonds is 4. The smallest absolute Gasteiger partial charge is 0.248 e. The average Bonchev–Trinajstić information content (AvgIpc) is 2.72. The molecule has 0 fully saturated rings. The van der Waals surface area contributed by atoms with Crippen LogP contribution < -0.4 is 5.73 Å². The van der Waals surface area contributed by atoms with Crippen LogP contribution in [0.25, 0.3) is 10.9 Å². The Bertz CT molecular complexity index is 687. The zero-order chi connectivity index (χ0) is 15.9. The lowest BCUT2D eigenvalue weighted by Crippen LogP contribution is -2.12. The molecule has 1 unspecified atom stereocenters. The number of nitrogens with two attached hydrogens (primary N) is 1. The molecule has 0 aliphatic heterocycles. The van der Waals surface area contributed by atoms with Crippen molar-refractivity contribution in [3.63, 3.8) is 0 Å². The molecule has 0 saturated carbocycles. The van der Waals surface area contributed by atoms with Crippen LogP contribution in [0.5, 0.6) is 0 Å². The number of nitrogens with zero attached hydrogens (tertiary/aromatic N) is 1. The van der Waals surface area contributed by atoms with Gasteiger partial charge in [-0.15, -0.1) is 0 Å². The van der Waals surface area contributed by atoms with Gasteiger partial charge in [0.1, 0.15) is 6.26 Å². The first-order valence-corrected chi connectivity index (χ1v) is 8.62. The van der Waals surface area contributed by atoms with E-state index in [1.807, 2.05) is 6.07 Å². The Morgan fingerprint density at radius 2 is 1.90 bits per heavy atom. The van der Waals surface area contributed by atoms with E-state index in [4.69, 9.17) is 5.73 Å². The van der Waals surface area contributed by atoms with Crippen molar-refractivity contribution in [3.8, 4) is 0 Å². The first-order valence-electron chi connectivity index (χ1n) is 7.06. The molecule has 0 bridgehead atoms. The minimum atomic E-state index is -1.09. The predicted molar refractivity (Wildman–Crippen MR) is 87.3 cm³/mol. The fourth-order valence-electron chi connectivity index (χ4n) is 2.85. The van der Waals surface area contributed by atoms with Gasteiger partial charge < -0.3 is 14.9 Å². The highest BCUT2D eigenvalue weighted by molar-refractivity contribution is 7.91. The summed E-state index contributed by atoms with van der Waals surface area (Å²) < 4.78 is 14.4. The first-order chi connectivity index (χ1) is 9.75. The quantitative estimate of drug-likeness (QED) is 0.881. The standard InChI is InChI=1S/C16H22N2O2S/c1-9(2)14-15(21(5)20)12-7-6-11(16(17)19)8-13(12)18(14)10(3)4/h6-10H,1-5H3,(H2,17,19). The highest BCUT2D eigenvalue weighted by Gasteiger charge is 2.27. The van der Waals surface area contributed by atoms with Crippen LogP contribution in [0.3, 0.4) is 0 Å². The molecule has 1 amide bonds. The van der Waals surface area contributed by atoms with Crippen LogP contribution in [-0.4, -0.2) is 21.3 Å². The van der Waals surface area contributed by atoms with E-state index in [2.05, 4.69) is 32.3 Å². The number of hydrogen-bond acceptors (Lipinski definition) is 2. The molecular weight excluding hydrogens is 284 g/mol. The van der Waals surface area contributed by atoms with Crippen LogP contribution in [-0.2, 0) is 11.2 Å². The second-order valence-corrected chi connectivity index (χ2v) is 7.20. The maximum absolute atomic E-state index is 12.2. The SMILES string of the molecule is CC(C)c1c([S+](C)[O-])c2ccc(C(N)=O)cc2n1C(C)C. The van der Waals surface area contributed by atoms with Crippen molar-refractivity contribution < 1.29 is 9.35 Å². The van der Waals surface area contributed by atoms with Gasteiger partial charge in [0.25, 0.3) is 0 Å². The molecule has 1 atom stereocenters. The normalized spacial score (nSPS) is 13.3. The summed E-state index contributed by atoms with van der Waals surface area (Å²) in [5, 5.41) is 0.943. The van der Waals surface area contributed by atoms with Gasteiger partial charge in [-0.25, -0.2) is 0 Å². The topological polar surface area (TPSA) is 71.1 Å². The van der Waals surface area contributed by atoms with Crippen molar-refractivity contribution in [2.45, 2.75) is 44.6 Å². The maximum Gasteiger partial charge on any atom is 0.248 e. The summed E-state index contributed by atoms with van der Waals surface area (Å²) in [7, 11) is 0.